The van der Waals surface area contributed by atoms with Crippen LogP contribution in [0.3, 0.4) is 0 Å². The van der Waals surface area contributed by atoms with Gasteiger partial charge in [0, 0.05) is 23.4 Å². The lowest BCUT2D eigenvalue weighted by molar-refractivity contribution is 0.121. The van der Waals surface area contributed by atoms with Gasteiger partial charge in [0.05, 0.1) is 17.7 Å². The molecule has 1 aliphatic rings. The summed E-state index contributed by atoms with van der Waals surface area (Å²) in [6, 6.07) is 10.8. The van der Waals surface area contributed by atoms with Crippen molar-refractivity contribution < 1.29 is 4.74 Å². The van der Waals surface area contributed by atoms with Crippen LogP contribution in [0.4, 0.5) is 5.69 Å². The van der Waals surface area contributed by atoms with Crippen molar-refractivity contribution in [3.05, 3.63) is 36.0 Å². The highest BCUT2D eigenvalue weighted by Gasteiger charge is 2.24. The predicted octanol–water partition coefficient (Wildman–Crippen LogP) is 3.13. The van der Waals surface area contributed by atoms with Gasteiger partial charge in [-0.1, -0.05) is 18.2 Å². The highest BCUT2D eigenvalue weighted by atomic mass is 16.5. The highest BCUT2D eigenvalue weighted by Crippen LogP contribution is 2.26. The molecule has 0 bridgehead atoms. The first-order chi connectivity index (χ1) is 8.74. The van der Waals surface area contributed by atoms with E-state index < -0.39 is 0 Å². The first-order valence-corrected chi connectivity index (χ1v) is 6.48. The number of hydrogen-bond donors (Lipinski definition) is 1. The van der Waals surface area contributed by atoms with Crippen molar-refractivity contribution in [1.29, 1.82) is 0 Å². The molecule has 2 atom stereocenters. The van der Waals surface area contributed by atoms with E-state index in [9.17, 15) is 0 Å². The summed E-state index contributed by atoms with van der Waals surface area (Å²) < 4.78 is 5.60. The molecule has 1 N–H and O–H groups in total. The monoisotopic (exact) mass is 242 g/mol. The number of fused-ring (bicyclic) bond motifs is 1. The van der Waals surface area contributed by atoms with Crippen LogP contribution < -0.4 is 5.32 Å². The van der Waals surface area contributed by atoms with Gasteiger partial charge in [-0.25, -0.2) is 0 Å². The van der Waals surface area contributed by atoms with Gasteiger partial charge in [-0.15, -0.1) is 0 Å². The van der Waals surface area contributed by atoms with Crippen molar-refractivity contribution >= 4 is 16.6 Å². The molecule has 0 radical (unpaired) electrons. The third kappa shape index (κ3) is 2.06. The van der Waals surface area contributed by atoms with Gasteiger partial charge in [-0.2, -0.15) is 0 Å². The summed E-state index contributed by atoms with van der Waals surface area (Å²) in [5.74, 6) is 0. The van der Waals surface area contributed by atoms with E-state index in [0.717, 1.165) is 24.2 Å². The van der Waals surface area contributed by atoms with E-state index in [-0.39, 0.29) is 6.10 Å². The number of pyridine rings is 1. The number of ether oxygens (including phenoxy) is 1. The van der Waals surface area contributed by atoms with Crippen molar-refractivity contribution in [3.63, 3.8) is 0 Å². The van der Waals surface area contributed by atoms with Gasteiger partial charge in [0.15, 0.2) is 0 Å². The Hall–Kier alpha value is -1.61. The molecule has 1 aromatic heterocycles. The Morgan fingerprint density at radius 1 is 1.33 bits per heavy atom. The Balaban J connectivity index is 2.00. The summed E-state index contributed by atoms with van der Waals surface area (Å²) in [4.78, 5) is 4.56. The Labute approximate surface area is 107 Å². The second-order valence-electron chi connectivity index (χ2n) is 4.94. The van der Waals surface area contributed by atoms with Gasteiger partial charge < -0.3 is 10.1 Å². The molecule has 1 aliphatic heterocycles. The van der Waals surface area contributed by atoms with Crippen LogP contribution in [-0.4, -0.2) is 23.7 Å². The number of aromatic nitrogens is 1. The second kappa shape index (κ2) is 4.58. The van der Waals surface area contributed by atoms with Crippen molar-refractivity contribution in [1.82, 2.24) is 4.98 Å². The minimum absolute atomic E-state index is 0.275. The fraction of sp³-hybridized carbons (Fsp3) is 0.400. The summed E-state index contributed by atoms with van der Waals surface area (Å²) in [7, 11) is 0. The molecular formula is C15H18N2O. The molecule has 3 heteroatoms. The molecule has 0 aliphatic carbocycles. The summed E-state index contributed by atoms with van der Waals surface area (Å²) >= 11 is 0. The number of hydrogen-bond acceptors (Lipinski definition) is 3. The summed E-state index contributed by atoms with van der Waals surface area (Å²) in [6.45, 7) is 5.01. The highest BCUT2D eigenvalue weighted by molar-refractivity contribution is 5.91. The number of anilines is 1. The van der Waals surface area contributed by atoms with Gasteiger partial charge in [-0.05, 0) is 32.4 Å². The van der Waals surface area contributed by atoms with Crippen molar-refractivity contribution in [2.75, 3.05) is 11.9 Å². The molecule has 3 nitrogen and oxygen atoms in total. The quantitative estimate of drug-likeness (QED) is 0.878. The van der Waals surface area contributed by atoms with Gasteiger partial charge in [0.2, 0.25) is 0 Å². The van der Waals surface area contributed by atoms with Crippen LogP contribution in [0.2, 0.25) is 0 Å². The van der Waals surface area contributed by atoms with Crippen LogP contribution >= 0.6 is 0 Å². The molecule has 0 spiro atoms. The van der Waals surface area contributed by atoms with Crippen molar-refractivity contribution in [2.24, 2.45) is 0 Å². The predicted molar refractivity (Wildman–Crippen MR) is 73.9 cm³/mol. The molecule has 2 unspecified atom stereocenters. The average molecular weight is 242 g/mol. The molecule has 2 aromatic rings. The van der Waals surface area contributed by atoms with Crippen LogP contribution in [0.1, 0.15) is 19.0 Å². The number of nitrogens with one attached hydrogen (secondary N) is 1. The molecular weight excluding hydrogens is 224 g/mol. The molecule has 2 heterocycles. The van der Waals surface area contributed by atoms with E-state index >= 15 is 0 Å². The molecule has 1 aromatic carbocycles. The Morgan fingerprint density at radius 2 is 2.17 bits per heavy atom. The Morgan fingerprint density at radius 3 is 2.94 bits per heavy atom. The lowest BCUT2D eigenvalue weighted by Crippen LogP contribution is -2.26. The molecule has 94 valence electrons. The van der Waals surface area contributed by atoms with E-state index in [4.69, 9.17) is 4.74 Å². The van der Waals surface area contributed by atoms with E-state index in [0.29, 0.717) is 6.04 Å². The topological polar surface area (TPSA) is 34.1 Å². The first kappa shape index (κ1) is 11.5. The van der Waals surface area contributed by atoms with E-state index in [1.54, 1.807) is 0 Å². The van der Waals surface area contributed by atoms with E-state index in [1.165, 1.54) is 11.1 Å². The molecule has 1 fully saturated rings. The molecule has 0 amide bonds. The maximum atomic E-state index is 5.60. The zero-order valence-corrected chi connectivity index (χ0v) is 10.8. The number of rotatable bonds is 2. The van der Waals surface area contributed by atoms with Gasteiger partial charge in [0.1, 0.15) is 0 Å². The van der Waals surface area contributed by atoms with Gasteiger partial charge >= 0.3 is 0 Å². The molecule has 18 heavy (non-hydrogen) atoms. The van der Waals surface area contributed by atoms with E-state index in [2.05, 4.69) is 41.5 Å². The first-order valence-electron chi connectivity index (χ1n) is 6.48. The largest absolute Gasteiger partial charge is 0.379 e. The lowest BCUT2D eigenvalue weighted by atomic mass is 10.1. The van der Waals surface area contributed by atoms with E-state index in [1.807, 2.05) is 13.0 Å². The third-order valence-electron chi connectivity index (χ3n) is 3.56. The Bertz CT molecular complexity index is 567. The number of aryl methyl sites for hydroxylation is 1. The minimum atomic E-state index is 0.275. The number of benzene rings is 1. The fourth-order valence-corrected chi connectivity index (χ4v) is 2.55. The van der Waals surface area contributed by atoms with Gasteiger partial charge in [0.25, 0.3) is 0 Å². The summed E-state index contributed by atoms with van der Waals surface area (Å²) in [5.41, 5.74) is 3.26. The fourth-order valence-electron chi connectivity index (χ4n) is 2.55. The standard InChI is InChI=1S/C15H18N2O/c1-10-9-15(17-13-7-8-18-11(13)2)12-5-3-4-6-14(12)16-10/h3-6,9,11,13H,7-8H2,1-2H3,(H,16,17). The van der Waals surface area contributed by atoms with Crippen LogP contribution in [-0.2, 0) is 4.74 Å². The Kier molecular flexibility index (Phi) is 2.92. The van der Waals surface area contributed by atoms with Crippen LogP contribution in [0.15, 0.2) is 30.3 Å². The summed E-state index contributed by atoms with van der Waals surface area (Å²) in [5, 5.41) is 4.79. The SMILES string of the molecule is Cc1cc(NC2CCOC2C)c2ccccc2n1. The minimum Gasteiger partial charge on any atom is -0.379 e. The van der Waals surface area contributed by atoms with Crippen molar-refractivity contribution in [3.8, 4) is 0 Å². The lowest BCUT2D eigenvalue weighted by Gasteiger charge is -2.19. The number of para-hydroxylation sites is 1. The average Bonchev–Trinajstić information content (AvgIpc) is 2.75. The third-order valence-corrected chi connectivity index (χ3v) is 3.56. The zero-order chi connectivity index (χ0) is 12.5. The normalized spacial score (nSPS) is 23.4. The molecule has 1 saturated heterocycles. The van der Waals surface area contributed by atoms with Crippen molar-refractivity contribution in [2.45, 2.75) is 32.4 Å². The second-order valence-corrected chi connectivity index (χ2v) is 4.94. The van der Waals surface area contributed by atoms with Crippen LogP contribution in [0, 0.1) is 6.92 Å². The molecule has 3 rings (SSSR count). The van der Waals surface area contributed by atoms with Gasteiger partial charge in [-0.3, -0.25) is 4.98 Å². The van der Waals surface area contributed by atoms with Crippen LogP contribution in [0.5, 0.6) is 0 Å². The van der Waals surface area contributed by atoms with Crippen LogP contribution in [0.25, 0.3) is 10.9 Å². The zero-order valence-electron chi connectivity index (χ0n) is 10.8. The maximum absolute atomic E-state index is 5.60. The summed E-state index contributed by atoms with van der Waals surface area (Å²) in [6.07, 6.45) is 1.34. The smallest absolute Gasteiger partial charge is 0.0748 e. The molecule has 0 saturated carbocycles. The maximum Gasteiger partial charge on any atom is 0.0748 e. The number of nitrogens with zero attached hydrogens (tertiary/aromatic N) is 1.